The molecule has 1 fully saturated rings. The first-order valence-corrected chi connectivity index (χ1v) is 6.22. The standard InChI is InChI=1S/C14H18O5/c1-14(19-8-10-5-3-2-4-6-10)12(16)11(7-15)9-18-13(14)17/h2-6,11-12,15-16H,7-9H2,1H3/t11-,12+,14+/m1/s1. The van der Waals surface area contributed by atoms with E-state index in [1.807, 2.05) is 30.3 Å². The molecule has 5 heteroatoms. The Labute approximate surface area is 111 Å². The summed E-state index contributed by atoms with van der Waals surface area (Å²) in [6, 6.07) is 9.36. The fraction of sp³-hybridized carbons (Fsp3) is 0.500. The topological polar surface area (TPSA) is 76.0 Å². The zero-order chi connectivity index (χ0) is 13.9. The van der Waals surface area contributed by atoms with Crippen LogP contribution in [-0.4, -0.2) is 41.1 Å². The molecule has 1 aliphatic heterocycles. The summed E-state index contributed by atoms with van der Waals surface area (Å²) in [6.07, 6.45) is -1.08. The molecular weight excluding hydrogens is 248 g/mol. The van der Waals surface area contributed by atoms with E-state index >= 15 is 0 Å². The van der Waals surface area contributed by atoms with Crippen molar-refractivity contribution in [1.82, 2.24) is 0 Å². The first-order chi connectivity index (χ1) is 9.08. The molecule has 0 saturated carbocycles. The van der Waals surface area contributed by atoms with Gasteiger partial charge >= 0.3 is 5.97 Å². The summed E-state index contributed by atoms with van der Waals surface area (Å²) in [7, 11) is 0. The van der Waals surface area contributed by atoms with E-state index in [-0.39, 0.29) is 19.8 Å². The Hall–Kier alpha value is -1.43. The third-order valence-electron chi connectivity index (χ3n) is 3.46. The Kier molecular flexibility index (Phi) is 4.19. The van der Waals surface area contributed by atoms with E-state index in [1.165, 1.54) is 6.92 Å². The van der Waals surface area contributed by atoms with Crippen LogP contribution in [0.5, 0.6) is 0 Å². The number of ether oxygens (including phenoxy) is 2. The lowest BCUT2D eigenvalue weighted by atomic mass is 9.86. The fourth-order valence-electron chi connectivity index (χ4n) is 2.09. The van der Waals surface area contributed by atoms with Crippen molar-refractivity contribution in [1.29, 1.82) is 0 Å². The molecule has 0 spiro atoms. The highest BCUT2D eigenvalue weighted by atomic mass is 16.6. The summed E-state index contributed by atoms with van der Waals surface area (Å²) < 4.78 is 10.5. The summed E-state index contributed by atoms with van der Waals surface area (Å²) >= 11 is 0. The monoisotopic (exact) mass is 266 g/mol. The number of cyclic esters (lactones) is 1. The number of aliphatic hydroxyl groups is 2. The third kappa shape index (κ3) is 2.78. The average molecular weight is 266 g/mol. The van der Waals surface area contributed by atoms with Crippen molar-refractivity contribution in [2.75, 3.05) is 13.2 Å². The second kappa shape index (κ2) is 5.69. The molecule has 3 atom stereocenters. The quantitative estimate of drug-likeness (QED) is 0.776. The maximum absolute atomic E-state index is 11.8. The zero-order valence-electron chi connectivity index (χ0n) is 10.8. The molecular formula is C14H18O5. The first kappa shape index (κ1) is 14.0. The van der Waals surface area contributed by atoms with Crippen molar-refractivity contribution in [3.05, 3.63) is 35.9 Å². The van der Waals surface area contributed by atoms with Gasteiger partial charge in [0.2, 0.25) is 0 Å². The highest BCUT2D eigenvalue weighted by Crippen LogP contribution is 2.29. The first-order valence-electron chi connectivity index (χ1n) is 6.22. The molecule has 0 aromatic heterocycles. The number of carbonyl (C=O) groups is 1. The van der Waals surface area contributed by atoms with Crippen LogP contribution in [-0.2, 0) is 20.9 Å². The maximum atomic E-state index is 11.8. The average Bonchev–Trinajstić information content (AvgIpc) is 2.44. The van der Waals surface area contributed by atoms with Crippen LogP contribution < -0.4 is 0 Å². The number of aliphatic hydroxyl groups excluding tert-OH is 2. The van der Waals surface area contributed by atoms with Gasteiger partial charge in [0, 0.05) is 5.92 Å². The van der Waals surface area contributed by atoms with Gasteiger partial charge in [0.1, 0.15) is 6.10 Å². The van der Waals surface area contributed by atoms with E-state index in [0.29, 0.717) is 0 Å². The minimum Gasteiger partial charge on any atom is -0.463 e. The van der Waals surface area contributed by atoms with Crippen molar-refractivity contribution in [2.24, 2.45) is 5.92 Å². The van der Waals surface area contributed by atoms with Crippen LogP contribution in [0.15, 0.2) is 30.3 Å². The van der Waals surface area contributed by atoms with Crippen molar-refractivity contribution in [3.63, 3.8) is 0 Å². The van der Waals surface area contributed by atoms with Gasteiger partial charge in [-0.05, 0) is 12.5 Å². The van der Waals surface area contributed by atoms with Gasteiger partial charge in [0.15, 0.2) is 5.60 Å². The Bertz CT molecular complexity index is 433. The van der Waals surface area contributed by atoms with Gasteiger partial charge in [-0.1, -0.05) is 30.3 Å². The van der Waals surface area contributed by atoms with Crippen LogP contribution in [0, 0.1) is 5.92 Å². The number of benzene rings is 1. The molecule has 1 saturated heterocycles. The highest BCUT2D eigenvalue weighted by Gasteiger charge is 2.50. The van der Waals surface area contributed by atoms with E-state index in [4.69, 9.17) is 14.6 Å². The lowest BCUT2D eigenvalue weighted by molar-refractivity contribution is -0.216. The van der Waals surface area contributed by atoms with E-state index < -0.39 is 23.6 Å². The van der Waals surface area contributed by atoms with Gasteiger partial charge in [-0.3, -0.25) is 0 Å². The molecule has 5 nitrogen and oxygen atoms in total. The molecule has 0 unspecified atom stereocenters. The van der Waals surface area contributed by atoms with Gasteiger partial charge < -0.3 is 19.7 Å². The molecule has 0 bridgehead atoms. The van der Waals surface area contributed by atoms with Crippen LogP contribution >= 0.6 is 0 Å². The van der Waals surface area contributed by atoms with Crippen molar-refractivity contribution >= 4 is 5.97 Å². The Morgan fingerprint density at radius 1 is 1.42 bits per heavy atom. The van der Waals surface area contributed by atoms with E-state index in [0.717, 1.165) is 5.56 Å². The van der Waals surface area contributed by atoms with E-state index in [1.54, 1.807) is 0 Å². The molecule has 1 aromatic rings. The Morgan fingerprint density at radius 2 is 2.11 bits per heavy atom. The second-order valence-electron chi connectivity index (χ2n) is 4.87. The molecule has 1 heterocycles. The molecule has 0 aliphatic carbocycles. The highest BCUT2D eigenvalue weighted by molar-refractivity contribution is 5.80. The number of esters is 1. The SMILES string of the molecule is C[C@@]1(OCc2ccccc2)C(=O)OC[C@@H](CO)[C@@H]1O. The second-order valence-corrected chi connectivity index (χ2v) is 4.87. The fourth-order valence-corrected chi connectivity index (χ4v) is 2.09. The lowest BCUT2D eigenvalue weighted by Gasteiger charge is -2.40. The normalized spacial score (nSPS) is 31.0. The van der Waals surface area contributed by atoms with Gasteiger partial charge in [0.25, 0.3) is 0 Å². The summed E-state index contributed by atoms with van der Waals surface area (Å²) in [6.45, 7) is 1.45. The molecule has 0 radical (unpaired) electrons. The molecule has 1 aromatic carbocycles. The van der Waals surface area contributed by atoms with Crippen molar-refractivity contribution < 1.29 is 24.5 Å². The van der Waals surface area contributed by atoms with Gasteiger partial charge in [0.05, 0.1) is 19.8 Å². The number of hydrogen-bond donors (Lipinski definition) is 2. The van der Waals surface area contributed by atoms with E-state index in [2.05, 4.69) is 0 Å². The zero-order valence-corrected chi connectivity index (χ0v) is 10.8. The molecule has 104 valence electrons. The Balaban J connectivity index is 2.08. The van der Waals surface area contributed by atoms with Crippen LogP contribution in [0.2, 0.25) is 0 Å². The van der Waals surface area contributed by atoms with Crippen LogP contribution in [0.3, 0.4) is 0 Å². The predicted octanol–water partition coefficient (Wildman–Crippen LogP) is 0.488. The predicted molar refractivity (Wildman–Crippen MR) is 67.2 cm³/mol. The van der Waals surface area contributed by atoms with Crippen LogP contribution in [0.4, 0.5) is 0 Å². The van der Waals surface area contributed by atoms with Crippen LogP contribution in [0.25, 0.3) is 0 Å². The maximum Gasteiger partial charge on any atom is 0.340 e. The molecule has 0 amide bonds. The number of rotatable bonds is 4. The van der Waals surface area contributed by atoms with Crippen molar-refractivity contribution in [2.45, 2.75) is 25.2 Å². The third-order valence-corrected chi connectivity index (χ3v) is 3.46. The summed E-state index contributed by atoms with van der Waals surface area (Å²) in [5.41, 5.74) is -0.545. The minimum atomic E-state index is -1.44. The summed E-state index contributed by atoms with van der Waals surface area (Å²) in [5.74, 6) is -1.11. The Morgan fingerprint density at radius 3 is 2.74 bits per heavy atom. The smallest absolute Gasteiger partial charge is 0.340 e. The summed E-state index contributed by atoms with van der Waals surface area (Å²) in [5, 5.41) is 19.3. The number of carbonyl (C=O) groups excluding carboxylic acids is 1. The van der Waals surface area contributed by atoms with Crippen LogP contribution in [0.1, 0.15) is 12.5 Å². The largest absolute Gasteiger partial charge is 0.463 e. The van der Waals surface area contributed by atoms with E-state index in [9.17, 15) is 9.90 Å². The van der Waals surface area contributed by atoms with Crippen molar-refractivity contribution in [3.8, 4) is 0 Å². The number of hydrogen-bond acceptors (Lipinski definition) is 5. The summed E-state index contributed by atoms with van der Waals surface area (Å²) in [4.78, 5) is 11.8. The minimum absolute atomic E-state index is 0.0147. The molecule has 2 rings (SSSR count). The molecule has 1 aliphatic rings. The molecule has 2 N–H and O–H groups in total. The lowest BCUT2D eigenvalue weighted by Crippen LogP contribution is -2.58. The van der Waals surface area contributed by atoms with Gasteiger partial charge in [-0.25, -0.2) is 4.79 Å². The molecule has 19 heavy (non-hydrogen) atoms. The van der Waals surface area contributed by atoms with Gasteiger partial charge in [-0.2, -0.15) is 0 Å². The van der Waals surface area contributed by atoms with Gasteiger partial charge in [-0.15, -0.1) is 0 Å².